The van der Waals surface area contributed by atoms with Gasteiger partial charge in [-0.25, -0.2) is 0 Å². The summed E-state index contributed by atoms with van der Waals surface area (Å²) in [5.74, 6) is 1.04. The fourth-order valence-corrected chi connectivity index (χ4v) is 3.38. The van der Waals surface area contributed by atoms with Gasteiger partial charge in [-0.3, -0.25) is 5.41 Å². The van der Waals surface area contributed by atoms with Crippen molar-refractivity contribution in [3.63, 3.8) is 0 Å². The van der Waals surface area contributed by atoms with Crippen LogP contribution in [0.5, 0.6) is 5.75 Å². The zero-order chi connectivity index (χ0) is 19.8. The van der Waals surface area contributed by atoms with Gasteiger partial charge in [0, 0.05) is 24.3 Å². The van der Waals surface area contributed by atoms with E-state index in [1.165, 1.54) is 5.69 Å². The highest BCUT2D eigenvalue weighted by Crippen LogP contribution is 2.22. The first-order valence-corrected chi connectivity index (χ1v) is 9.99. The smallest absolute Gasteiger partial charge is 0.122 e. The predicted molar refractivity (Wildman–Crippen MR) is 139 cm³/mol. The fraction of sp³-hybridized carbons (Fsp3) is 0.348. The number of hydrogen-bond donors (Lipinski definition) is 3. The molecule has 172 valence electrons. The van der Waals surface area contributed by atoms with E-state index in [1.807, 2.05) is 24.3 Å². The number of benzene rings is 2. The monoisotopic (exact) mass is 486 g/mol. The number of halogens is 3. The Balaban J connectivity index is 0.00000300. The van der Waals surface area contributed by atoms with Gasteiger partial charge in [0.25, 0.3) is 0 Å². The summed E-state index contributed by atoms with van der Waals surface area (Å²) in [6, 6.07) is 16.1. The average Bonchev–Trinajstić information content (AvgIpc) is 2.73. The lowest BCUT2D eigenvalue weighted by molar-refractivity contribution is 0.162. The van der Waals surface area contributed by atoms with E-state index in [4.69, 9.17) is 15.9 Å². The number of likely N-dealkylation sites (N-methyl/N-ethyl adjacent to an activating group) is 1. The van der Waals surface area contributed by atoms with Crippen LogP contribution in [-0.4, -0.2) is 38.1 Å². The van der Waals surface area contributed by atoms with E-state index in [9.17, 15) is 0 Å². The second kappa shape index (κ2) is 15.0. The first-order chi connectivity index (χ1) is 13.7. The van der Waals surface area contributed by atoms with Crippen LogP contribution < -0.4 is 20.7 Å². The van der Waals surface area contributed by atoms with Gasteiger partial charge < -0.3 is 20.7 Å². The summed E-state index contributed by atoms with van der Waals surface area (Å²) in [6.07, 6.45) is 6.67. The number of nitrogens with zero attached hydrogens (tertiary/aromatic N) is 1. The van der Waals surface area contributed by atoms with Gasteiger partial charge in [-0.05, 0) is 68.8 Å². The van der Waals surface area contributed by atoms with E-state index in [1.54, 1.807) is 0 Å². The zero-order valence-electron chi connectivity index (χ0n) is 17.8. The Morgan fingerprint density at radius 3 is 2.42 bits per heavy atom. The first kappa shape index (κ1) is 29.1. The van der Waals surface area contributed by atoms with Crippen LogP contribution in [0, 0.1) is 5.41 Å². The molecule has 1 aliphatic heterocycles. The van der Waals surface area contributed by atoms with Crippen molar-refractivity contribution in [2.45, 2.75) is 25.9 Å². The maximum atomic E-state index is 7.55. The molecule has 1 aliphatic rings. The van der Waals surface area contributed by atoms with Gasteiger partial charge in [-0.1, -0.05) is 30.4 Å². The average molecular weight is 488 g/mol. The molecule has 0 bridgehead atoms. The summed E-state index contributed by atoms with van der Waals surface area (Å²) < 4.78 is 6.09. The molecule has 0 aromatic heterocycles. The molecule has 31 heavy (non-hydrogen) atoms. The standard InChI is InChI=1S/C23H30N4O.3ClH/c1-2-27(16-4-6-18-5-3-7-19(17-18)23(24)25)20-8-10-21(11-9-20)28-22-12-14-26-15-13-22;;;/h3-11,17,22,26H,2,12-16H2,1H3,(H3,24,25);3*1H/b6-4+;;;. The Hall–Kier alpha value is -1.92. The minimum Gasteiger partial charge on any atom is -0.490 e. The second-order valence-electron chi connectivity index (χ2n) is 7.04. The molecule has 0 amide bonds. The van der Waals surface area contributed by atoms with Crippen molar-refractivity contribution in [3.8, 4) is 5.75 Å². The molecule has 4 N–H and O–H groups in total. The van der Waals surface area contributed by atoms with Crippen molar-refractivity contribution in [1.29, 1.82) is 5.41 Å². The van der Waals surface area contributed by atoms with Crippen molar-refractivity contribution >= 4 is 54.8 Å². The Morgan fingerprint density at radius 1 is 1.13 bits per heavy atom. The normalized spacial score (nSPS) is 13.5. The molecule has 8 heteroatoms. The highest BCUT2D eigenvalue weighted by Gasteiger charge is 2.14. The van der Waals surface area contributed by atoms with Gasteiger partial charge >= 0.3 is 0 Å². The summed E-state index contributed by atoms with van der Waals surface area (Å²) in [5, 5.41) is 10.9. The van der Waals surface area contributed by atoms with E-state index >= 15 is 0 Å². The van der Waals surface area contributed by atoms with Gasteiger partial charge in [-0.2, -0.15) is 0 Å². The number of anilines is 1. The maximum absolute atomic E-state index is 7.55. The molecule has 0 unspecified atom stereocenters. The maximum Gasteiger partial charge on any atom is 0.122 e. The van der Waals surface area contributed by atoms with Gasteiger partial charge in [-0.15, -0.1) is 37.2 Å². The van der Waals surface area contributed by atoms with Crippen LogP contribution in [0.15, 0.2) is 54.6 Å². The van der Waals surface area contributed by atoms with Gasteiger partial charge in [0.1, 0.15) is 17.7 Å². The summed E-state index contributed by atoms with van der Waals surface area (Å²) >= 11 is 0. The molecule has 0 aliphatic carbocycles. The van der Waals surface area contributed by atoms with Gasteiger partial charge in [0.15, 0.2) is 0 Å². The molecule has 0 atom stereocenters. The number of nitrogens with one attached hydrogen (secondary N) is 2. The van der Waals surface area contributed by atoms with E-state index in [-0.39, 0.29) is 43.1 Å². The van der Waals surface area contributed by atoms with Gasteiger partial charge in [0.2, 0.25) is 0 Å². The highest BCUT2D eigenvalue weighted by atomic mass is 35.5. The Labute approximate surface area is 204 Å². The first-order valence-electron chi connectivity index (χ1n) is 9.99. The summed E-state index contributed by atoms with van der Waals surface area (Å²) in [7, 11) is 0. The largest absolute Gasteiger partial charge is 0.490 e. The molecule has 0 spiro atoms. The van der Waals surface area contributed by atoms with Crippen LogP contribution in [0.1, 0.15) is 30.9 Å². The SMILES string of the molecule is CCN(C/C=C/c1cccc(C(=N)N)c1)c1ccc(OC2CCNCC2)cc1.Cl.Cl.Cl. The number of hydrogen-bond acceptors (Lipinski definition) is 4. The zero-order valence-corrected chi connectivity index (χ0v) is 20.2. The number of ether oxygens (including phenoxy) is 1. The van der Waals surface area contributed by atoms with Crippen LogP contribution in [0.2, 0.25) is 0 Å². The van der Waals surface area contributed by atoms with E-state index in [0.29, 0.717) is 6.10 Å². The lowest BCUT2D eigenvalue weighted by Crippen LogP contribution is -2.34. The van der Waals surface area contributed by atoms with Crippen molar-refractivity contribution in [2.75, 3.05) is 31.1 Å². The van der Waals surface area contributed by atoms with Crippen molar-refractivity contribution in [1.82, 2.24) is 5.32 Å². The topological polar surface area (TPSA) is 74.4 Å². The minimum atomic E-state index is 0. The third-order valence-corrected chi connectivity index (χ3v) is 5.01. The summed E-state index contributed by atoms with van der Waals surface area (Å²) in [5.41, 5.74) is 8.55. The summed E-state index contributed by atoms with van der Waals surface area (Å²) in [6.45, 7) is 5.97. The highest BCUT2D eigenvalue weighted by molar-refractivity contribution is 5.95. The van der Waals surface area contributed by atoms with Crippen molar-refractivity contribution in [3.05, 3.63) is 65.7 Å². The molecular formula is C23H33Cl3N4O. The summed E-state index contributed by atoms with van der Waals surface area (Å²) in [4.78, 5) is 2.31. The Bertz CT molecular complexity index is 809. The Morgan fingerprint density at radius 2 is 1.81 bits per heavy atom. The van der Waals surface area contributed by atoms with E-state index in [2.05, 4.69) is 53.6 Å². The van der Waals surface area contributed by atoms with Crippen molar-refractivity contribution in [2.24, 2.45) is 5.73 Å². The lowest BCUT2D eigenvalue weighted by Gasteiger charge is -2.25. The van der Waals surface area contributed by atoms with Gasteiger partial charge in [0.05, 0.1) is 0 Å². The minimum absolute atomic E-state index is 0. The van der Waals surface area contributed by atoms with Crippen molar-refractivity contribution < 1.29 is 4.74 Å². The lowest BCUT2D eigenvalue weighted by atomic mass is 10.1. The van der Waals surface area contributed by atoms with Crippen LogP contribution in [0.4, 0.5) is 5.69 Å². The molecule has 5 nitrogen and oxygen atoms in total. The van der Waals surface area contributed by atoms with Crippen LogP contribution in [-0.2, 0) is 0 Å². The number of nitrogen functional groups attached to an aromatic ring is 1. The predicted octanol–water partition coefficient (Wildman–Crippen LogP) is 4.91. The van der Waals surface area contributed by atoms with E-state index < -0.39 is 0 Å². The van der Waals surface area contributed by atoms with Crippen LogP contribution in [0.25, 0.3) is 6.08 Å². The van der Waals surface area contributed by atoms with Crippen LogP contribution in [0.3, 0.4) is 0 Å². The molecule has 2 aromatic rings. The number of piperidine rings is 1. The second-order valence-corrected chi connectivity index (χ2v) is 7.04. The number of rotatable bonds is 8. The molecule has 1 saturated heterocycles. The van der Waals surface area contributed by atoms with E-state index in [0.717, 1.165) is 55.9 Å². The third-order valence-electron chi connectivity index (χ3n) is 5.01. The quantitative estimate of drug-likeness (QED) is 0.365. The number of nitrogens with two attached hydrogens (primary N) is 1. The fourth-order valence-electron chi connectivity index (χ4n) is 3.38. The molecular weight excluding hydrogens is 455 g/mol. The molecule has 1 fully saturated rings. The molecule has 1 heterocycles. The Kier molecular flexibility index (Phi) is 14.0. The molecule has 0 radical (unpaired) electrons. The molecule has 3 rings (SSSR count). The molecule has 2 aromatic carbocycles. The number of amidine groups is 1. The third kappa shape index (κ3) is 8.99. The van der Waals surface area contributed by atoms with Crippen LogP contribution >= 0.6 is 37.2 Å². The molecule has 0 saturated carbocycles.